The third-order valence-electron chi connectivity index (χ3n) is 3.18. The highest BCUT2D eigenvalue weighted by Gasteiger charge is 2.08. The summed E-state index contributed by atoms with van der Waals surface area (Å²) >= 11 is 0. The van der Waals surface area contributed by atoms with Crippen molar-refractivity contribution < 1.29 is 4.39 Å². The maximum atomic E-state index is 13.8. The van der Waals surface area contributed by atoms with E-state index < -0.39 is 0 Å². The molecule has 0 atom stereocenters. The van der Waals surface area contributed by atoms with Crippen molar-refractivity contribution in [1.29, 1.82) is 0 Å². The van der Waals surface area contributed by atoms with Gasteiger partial charge in [0.15, 0.2) is 0 Å². The number of rotatable bonds is 4. The van der Waals surface area contributed by atoms with Crippen molar-refractivity contribution in [1.82, 2.24) is 0 Å². The molecule has 0 bridgehead atoms. The van der Waals surface area contributed by atoms with Gasteiger partial charge in [-0.2, -0.15) is 0 Å². The highest BCUT2D eigenvalue weighted by atomic mass is 19.1. The van der Waals surface area contributed by atoms with E-state index in [-0.39, 0.29) is 5.82 Å². The molecule has 0 fully saturated rings. The van der Waals surface area contributed by atoms with Gasteiger partial charge in [0.2, 0.25) is 0 Å². The molecule has 3 N–H and O–H groups in total. The van der Waals surface area contributed by atoms with Crippen molar-refractivity contribution in [3.8, 4) is 0 Å². The standard InChI is InChI=1S/C16H19FN2/c1-11-6-7-12(2)16(10-11)19-15-5-3-4-14(17)13(15)8-9-18/h3-7,10,19H,8-9,18H2,1-2H3. The van der Waals surface area contributed by atoms with Crippen molar-refractivity contribution in [2.24, 2.45) is 5.73 Å². The molecule has 0 aromatic heterocycles. The number of anilines is 2. The quantitative estimate of drug-likeness (QED) is 0.877. The van der Waals surface area contributed by atoms with Crippen molar-refractivity contribution in [2.75, 3.05) is 11.9 Å². The van der Waals surface area contributed by atoms with E-state index in [0.29, 0.717) is 18.5 Å². The van der Waals surface area contributed by atoms with Crippen LogP contribution in [-0.4, -0.2) is 6.54 Å². The van der Waals surface area contributed by atoms with Gasteiger partial charge in [0.25, 0.3) is 0 Å². The Morgan fingerprint density at radius 1 is 1.11 bits per heavy atom. The van der Waals surface area contributed by atoms with Gasteiger partial charge in [0.1, 0.15) is 5.82 Å². The zero-order valence-corrected chi connectivity index (χ0v) is 11.3. The summed E-state index contributed by atoms with van der Waals surface area (Å²) in [6.07, 6.45) is 0.528. The Bertz CT molecular complexity index is 579. The topological polar surface area (TPSA) is 38.0 Å². The van der Waals surface area contributed by atoms with Crippen molar-refractivity contribution in [3.05, 3.63) is 58.9 Å². The molecule has 0 spiro atoms. The molecule has 0 saturated heterocycles. The first-order valence-electron chi connectivity index (χ1n) is 6.43. The highest BCUT2D eigenvalue weighted by Crippen LogP contribution is 2.26. The van der Waals surface area contributed by atoms with Crippen LogP contribution in [0.15, 0.2) is 36.4 Å². The second kappa shape index (κ2) is 5.85. The van der Waals surface area contributed by atoms with E-state index in [1.165, 1.54) is 11.6 Å². The predicted molar refractivity (Wildman–Crippen MR) is 78.4 cm³/mol. The van der Waals surface area contributed by atoms with Crippen LogP contribution in [0.1, 0.15) is 16.7 Å². The molecule has 0 saturated carbocycles. The normalized spacial score (nSPS) is 10.5. The molecule has 0 heterocycles. The molecule has 0 aliphatic heterocycles. The van der Waals surface area contributed by atoms with Gasteiger partial charge < -0.3 is 11.1 Å². The Labute approximate surface area is 113 Å². The average molecular weight is 258 g/mol. The summed E-state index contributed by atoms with van der Waals surface area (Å²) in [7, 11) is 0. The lowest BCUT2D eigenvalue weighted by atomic mass is 10.1. The maximum Gasteiger partial charge on any atom is 0.128 e. The molecule has 19 heavy (non-hydrogen) atoms. The van der Waals surface area contributed by atoms with Gasteiger partial charge in [-0.15, -0.1) is 0 Å². The number of nitrogens with one attached hydrogen (secondary N) is 1. The predicted octanol–water partition coefficient (Wildman–Crippen LogP) is 3.69. The number of hydrogen-bond donors (Lipinski definition) is 2. The summed E-state index contributed by atoms with van der Waals surface area (Å²) in [6.45, 7) is 4.50. The van der Waals surface area contributed by atoms with Crippen molar-refractivity contribution in [3.63, 3.8) is 0 Å². The van der Waals surface area contributed by atoms with Crippen LogP contribution in [0.4, 0.5) is 15.8 Å². The fourth-order valence-electron chi connectivity index (χ4n) is 2.09. The van der Waals surface area contributed by atoms with Crippen molar-refractivity contribution >= 4 is 11.4 Å². The zero-order valence-electron chi connectivity index (χ0n) is 11.3. The lowest BCUT2D eigenvalue weighted by Crippen LogP contribution is -2.07. The van der Waals surface area contributed by atoms with E-state index in [0.717, 1.165) is 16.9 Å². The van der Waals surface area contributed by atoms with Crippen LogP contribution in [0.5, 0.6) is 0 Å². The monoisotopic (exact) mass is 258 g/mol. The minimum Gasteiger partial charge on any atom is -0.355 e. The van der Waals surface area contributed by atoms with Crippen molar-refractivity contribution in [2.45, 2.75) is 20.3 Å². The van der Waals surface area contributed by atoms with Crippen LogP contribution in [0.3, 0.4) is 0 Å². The van der Waals surface area contributed by atoms with Gasteiger partial charge in [-0.25, -0.2) is 4.39 Å². The Morgan fingerprint density at radius 3 is 2.63 bits per heavy atom. The molecule has 0 aliphatic rings. The first kappa shape index (κ1) is 13.6. The summed E-state index contributed by atoms with van der Waals surface area (Å²) < 4.78 is 13.8. The molecule has 2 nitrogen and oxygen atoms in total. The van der Waals surface area contributed by atoms with E-state index in [4.69, 9.17) is 5.73 Å². The Kier molecular flexibility index (Phi) is 4.17. The molecule has 0 aliphatic carbocycles. The molecule has 100 valence electrons. The van der Waals surface area contributed by atoms with E-state index in [1.54, 1.807) is 6.07 Å². The summed E-state index contributed by atoms with van der Waals surface area (Å²) in [6, 6.07) is 11.2. The largest absolute Gasteiger partial charge is 0.355 e. The minimum atomic E-state index is -0.208. The molecule has 2 aromatic rings. The fourth-order valence-corrected chi connectivity index (χ4v) is 2.09. The second-order valence-corrected chi connectivity index (χ2v) is 4.75. The number of hydrogen-bond acceptors (Lipinski definition) is 2. The first-order valence-corrected chi connectivity index (χ1v) is 6.43. The summed E-state index contributed by atoms with van der Waals surface area (Å²) in [5.41, 5.74) is 10.3. The third kappa shape index (κ3) is 3.12. The van der Waals surface area contributed by atoms with Gasteiger partial charge in [0.05, 0.1) is 0 Å². The van der Waals surface area contributed by atoms with E-state index in [1.807, 2.05) is 19.9 Å². The van der Waals surface area contributed by atoms with E-state index >= 15 is 0 Å². The second-order valence-electron chi connectivity index (χ2n) is 4.75. The van der Waals surface area contributed by atoms with Gasteiger partial charge in [0, 0.05) is 16.9 Å². The minimum absolute atomic E-state index is 0.208. The van der Waals surface area contributed by atoms with Crippen LogP contribution in [-0.2, 0) is 6.42 Å². The summed E-state index contributed by atoms with van der Waals surface area (Å²) in [4.78, 5) is 0. The van der Waals surface area contributed by atoms with Crippen LogP contribution in [0, 0.1) is 19.7 Å². The molecular formula is C16H19FN2. The molecule has 2 rings (SSSR count). The van der Waals surface area contributed by atoms with Crippen LogP contribution < -0.4 is 11.1 Å². The van der Waals surface area contributed by atoms with E-state index in [9.17, 15) is 4.39 Å². The number of halogens is 1. The van der Waals surface area contributed by atoms with Gasteiger partial charge in [-0.3, -0.25) is 0 Å². The number of benzene rings is 2. The molecular weight excluding hydrogens is 239 g/mol. The van der Waals surface area contributed by atoms with Gasteiger partial charge >= 0.3 is 0 Å². The maximum absolute atomic E-state index is 13.8. The smallest absolute Gasteiger partial charge is 0.128 e. The fraction of sp³-hybridized carbons (Fsp3) is 0.250. The van der Waals surface area contributed by atoms with Crippen LogP contribution in [0.2, 0.25) is 0 Å². The Hall–Kier alpha value is -1.87. The summed E-state index contributed by atoms with van der Waals surface area (Å²) in [5, 5.41) is 3.31. The number of nitrogens with two attached hydrogens (primary N) is 1. The lowest BCUT2D eigenvalue weighted by Gasteiger charge is -2.14. The SMILES string of the molecule is Cc1ccc(C)c(Nc2cccc(F)c2CCN)c1. The Morgan fingerprint density at radius 2 is 1.89 bits per heavy atom. The lowest BCUT2D eigenvalue weighted by molar-refractivity contribution is 0.610. The average Bonchev–Trinajstić information content (AvgIpc) is 2.38. The molecule has 0 amide bonds. The molecule has 3 heteroatoms. The van der Waals surface area contributed by atoms with Crippen LogP contribution >= 0.6 is 0 Å². The summed E-state index contributed by atoms with van der Waals surface area (Å²) in [5.74, 6) is -0.208. The van der Waals surface area contributed by atoms with Gasteiger partial charge in [-0.1, -0.05) is 18.2 Å². The highest BCUT2D eigenvalue weighted by molar-refractivity contribution is 5.66. The zero-order chi connectivity index (χ0) is 13.8. The van der Waals surface area contributed by atoms with Gasteiger partial charge in [-0.05, 0) is 56.1 Å². The van der Waals surface area contributed by atoms with E-state index in [2.05, 4.69) is 23.5 Å². The molecule has 0 radical (unpaired) electrons. The Balaban J connectivity index is 2.37. The first-order chi connectivity index (χ1) is 9.11. The molecule has 2 aromatic carbocycles. The van der Waals surface area contributed by atoms with Crippen LogP contribution in [0.25, 0.3) is 0 Å². The third-order valence-corrected chi connectivity index (χ3v) is 3.18. The number of aryl methyl sites for hydroxylation is 2. The molecule has 0 unspecified atom stereocenters.